The first-order valence-corrected chi connectivity index (χ1v) is 8.67. The van der Waals surface area contributed by atoms with Crippen molar-refractivity contribution in [1.82, 2.24) is 10.6 Å². The summed E-state index contributed by atoms with van der Waals surface area (Å²) in [6, 6.07) is 5.01. The van der Waals surface area contributed by atoms with Crippen LogP contribution in [0.2, 0.25) is 0 Å². The molecule has 0 unspecified atom stereocenters. The average molecular weight is 371 g/mol. The number of quaternary nitrogens is 1. The van der Waals surface area contributed by atoms with Gasteiger partial charge < -0.3 is 15.1 Å². The second-order valence-electron chi connectivity index (χ2n) is 6.76. The molecule has 26 heavy (non-hydrogen) atoms. The number of carbonyl (C=O) groups is 2. The Balaban J connectivity index is 1.46. The van der Waals surface area contributed by atoms with Gasteiger partial charge in [0.05, 0.1) is 31.7 Å². The molecule has 0 radical (unpaired) electrons. The second kappa shape index (κ2) is 7.53. The van der Waals surface area contributed by atoms with Gasteiger partial charge in [-0.05, 0) is 31.0 Å². The van der Waals surface area contributed by atoms with Gasteiger partial charge in [0.1, 0.15) is 0 Å². The zero-order chi connectivity index (χ0) is 18.7. The van der Waals surface area contributed by atoms with E-state index >= 15 is 0 Å². The van der Waals surface area contributed by atoms with Crippen molar-refractivity contribution in [2.75, 3.05) is 37.6 Å². The maximum Gasteiger partial charge on any atom is 0.416 e. The van der Waals surface area contributed by atoms with Gasteiger partial charge in [0, 0.05) is 11.7 Å². The van der Waals surface area contributed by atoms with Gasteiger partial charge in [-0.15, -0.1) is 0 Å². The van der Waals surface area contributed by atoms with Crippen molar-refractivity contribution in [3.8, 4) is 0 Å². The van der Waals surface area contributed by atoms with Gasteiger partial charge in [-0.3, -0.25) is 10.1 Å². The number of hydrogen-bond donors (Lipinski definition) is 3. The zero-order valence-corrected chi connectivity index (χ0v) is 14.2. The third kappa shape index (κ3) is 5.10. The number of nitrogens with one attached hydrogen (secondary N) is 3. The van der Waals surface area contributed by atoms with E-state index in [9.17, 15) is 22.8 Å². The molecule has 9 heteroatoms. The van der Waals surface area contributed by atoms with Crippen LogP contribution in [0.25, 0.3) is 0 Å². The quantitative estimate of drug-likeness (QED) is 0.718. The van der Waals surface area contributed by atoms with E-state index in [1.807, 2.05) is 4.90 Å². The lowest BCUT2D eigenvalue weighted by Crippen LogP contribution is -3.16. The molecule has 3 amide bonds. The van der Waals surface area contributed by atoms with Gasteiger partial charge >= 0.3 is 12.2 Å². The number of nitrogens with zero attached hydrogens (tertiary/aromatic N) is 1. The van der Waals surface area contributed by atoms with Gasteiger partial charge in [0.2, 0.25) is 0 Å². The van der Waals surface area contributed by atoms with Crippen molar-refractivity contribution < 1.29 is 27.7 Å². The molecule has 3 rings (SSSR count). The number of urea groups is 1. The van der Waals surface area contributed by atoms with Crippen molar-refractivity contribution in [2.45, 2.75) is 25.1 Å². The summed E-state index contributed by atoms with van der Waals surface area (Å²) in [5, 5.41) is 5.00. The lowest BCUT2D eigenvalue weighted by Gasteiger charge is -2.33. The summed E-state index contributed by atoms with van der Waals surface area (Å²) in [5.74, 6) is -0.342. The van der Waals surface area contributed by atoms with Crippen molar-refractivity contribution in [1.29, 1.82) is 0 Å². The Morgan fingerprint density at radius 1 is 1.19 bits per heavy atom. The smallest absolute Gasteiger partial charge is 0.360 e. The first-order valence-electron chi connectivity index (χ1n) is 8.67. The van der Waals surface area contributed by atoms with Crippen LogP contribution in [-0.4, -0.2) is 50.7 Å². The molecule has 6 nitrogen and oxygen atoms in total. The summed E-state index contributed by atoms with van der Waals surface area (Å²) in [5.41, 5.74) is -0.127. The van der Waals surface area contributed by atoms with E-state index in [4.69, 9.17) is 0 Å². The lowest BCUT2D eigenvalue weighted by molar-refractivity contribution is -0.892. The summed E-state index contributed by atoms with van der Waals surface area (Å²) in [6.45, 7) is 2.52. The SMILES string of the molecule is O=C(C[NH+]1CCN(c2cccc(C(F)(F)F)c2)CC1)NC(=O)NC1CC1. The van der Waals surface area contributed by atoms with Crippen molar-refractivity contribution >= 4 is 17.6 Å². The van der Waals surface area contributed by atoms with Crippen molar-refractivity contribution in [3.05, 3.63) is 29.8 Å². The molecule has 2 aliphatic rings. The number of amides is 3. The number of rotatable bonds is 4. The Kier molecular flexibility index (Phi) is 5.36. The fourth-order valence-corrected chi connectivity index (χ4v) is 2.98. The monoisotopic (exact) mass is 371 g/mol. The van der Waals surface area contributed by atoms with Gasteiger partial charge in [-0.1, -0.05) is 6.07 Å². The maximum atomic E-state index is 12.8. The maximum absolute atomic E-state index is 12.8. The lowest BCUT2D eigenvalue weighted by atomic mass is 10.1. The highest BCUT2D eigenvalue weighted by atomic mass is 19.4. The van der Waals surface area contributed by atoms with Gasteiger partial charge in [-0.25, -0.2) is 4.79 Å². The number of carbonyl (C=O) groups excluding carboxylic acids is 2. The molecular weight excluding hydrogens is 349 g/mol. The molecule has 142 valence electrons. The molecule has 2 fully saturated rings. The van der Waals surface area contributed by atoms with Crippen LogP contribution in [0.4, 0.5) is 23.7 Å². The topological polar surface area (TPSA) is 65.9 Å². The van der Waals surface area contributed by atoms with Gasteiger partial charge in [0.25, 0.3) is 5.91 Å². The van der Waals surface area contributed by atoms with E-state index in [2.05, 4.69) is 10.6 Å². The highest BCUT2D eigenvalue weighted by Crippen LogP contribution is 2.31. The molecule has 1 aliphatic heterocycles. The van der Waals surface area contributed by atoms with Crippen LogP contribution < -0.4 is 20.4 Å². The molecule has 1 aromatic carbocycles. The van der Waals surface area contributed by atoms with Crippen LogP contribution in [0.3, 0.4) is 0 Å². The molecule has 1 saturated carbocycles. The van der Waals surface area contributed by atoms with Crippen LogP contribution in [0.15, 0.2) is 24.3 Å². The predicted molar refractivity (Wildman–Crippen MR) is 88.9 cm³/mol. The molecule has 0 bridgehead atoms. The highest BCUT2D eigenvalue weighted by molar-refractivity contribution is 5.94. The summed E-state index contributed by atoms with van der Waals surface area (Å²) >= 11 is 0. The minimum Gasteiger partial charge on any atom is -0.360 e. The Morgan fingerprint density at radius 2 is 1.88 bits per heavy atom. The van der Waals surface area contributed by atoms with Crippen molar-refractivity contribution in [3.63, 3.8) is 0 Å². The molecule has 0 atom stereocenters. The summed E-state index contributed by atoms with van der Waals surface area (Å²) in [7, 11) is 0. The zero-order valence-electron chi connectivity index (χ0n) is 14.2. The highest BCUT2D eigenvalue weighted by Gasteiger charge is 2.31. The van der Waals surface area contributed by atoms with Crippen LogP contribution >= 0.6 is 0 Å². The minimum atomic E-state index is -4.36. The molecule has 0 spiro atoms. The fourth-order valence-electron chi connectivity index (χ4n) is 2.98. The number of halogens is 3. The fraction of sp³-hybridized carbons (Fsp3) is 0.529. The molecule has 1 heterocycles. The first kappa shape index (κ1) is 18.5. The third-order valence-corrected chi connectivity index (χ3v) is 4.59. The van der Waals surface area contributed by atoms with E-state index in [1.54, 1.807) is 6.07 Å². The third-order valence-electron chi connectivity index (χ3n) is 4.59. The van der Waals surface area contributed by atoms with Crippen LogP contribution in [0.5, 0.6) is 0 Å². The van der Waals surface area contributed by atoms with Crippen LogP contribution in [-0.2, 0) is 11.0 Å². The van der Waals surface area contributed by atoms with Crippen LogP contribution in [0, 0.1) is 0 Å². The summed E-state index contributed by atoms with van der Waals surface area (Å²) in [4.78, 5) is 26.3. The Hall–Kier alpha value is -2.29. The van der Waals surface area contributed by atoms with E-state index in [0.717, 1.165) is 29.9 Å². The molecule has 3 N–H and O–H groups in total. The van der Waals surface area contributed by atoms with Gasteiger partial charge in [-0.2, -0.15) is 13.2 Å². The number of imide groups is 1. The number of alkyl halides is 3. The van der Waals surface area contributed by atoms with E-state index in [1.165, 1.54) is 6.07 Å². The number of piperazine rings is 1. The second-order valence-corrected chi connectivity index (χ2v) is 6.76. The predicted octanol–water partition coefficient (Wildman–Crippen LogP) is 0.399. The van der Waals surface area contributed by atoms with E-state index in [-0.39, 0.29) is 18.5 Å². The molecule has 1 saturated heterocycles. The summed E-state index contributed by atoms with van der Waals surface area (Å²) < 4.78 is 38.5. The van der Waals surface area contributed by atoms with Crippen LogP contribution in [0.1, 0.15) is 18.4 Å². The van der Waals surface area contributed by atoms with E-state index < -0.39 is 17.8 Å². The Bertz CT molecular complexity index is 668. The first-order chi connectivity index (χ1) is 12.3. The largest absolute Gasteiger partial charge is 0.416 e. The molecular formula is C17H22F3N4O2+. The number of anilines is 1. The minimum absolute atomic E-state index is 0.175. The normalized spacial score (nSPS) is 18.5. The summed E-state index contributed by atoms with van der Waals surface area (Å²) in [6.07, 6.45) is -2.46. The Labute approximate surface area is 149 Å². The van der Waals surface area contributed by atoms with Gasteiger partial charge in [0.15, 0.2) is 6.54 Å². The number of hydrogen-bond acceptors (Lipinski definition) is 3. The van der Waals surface area contributed by atoms with E-state index in [0.29, 0.717) is 31.9 Å². The molecule has 1 aliphatic carbocycles. The number of benzene rings is 1. The standard InChI is InChI=1S/C17H21F3N4O2/c18-17(19,20)12-2-1-3-14(10-12)24-8-6-23(7-9-24)11-15(25)22-16(26)21-13-4-5-13/h1-3,10,13H,4-9,11H2,(H2,21,22,25,26)/p+1. The van der Waals surface area contributed by atoms with Crippen molar-refractivity contribution in [2.24, 2.45) is 0 Å². The Morgan fingerprint density at radius 3 is 2.50 bits per heavy atom. The molecule has 0 aromatic heterocycles. The molecule has 1 aromatic rings. The average Bonchev–Trinajstić information content (AvgIpc) is 3.38.